The third kappa shape index (κ3) is 4.11. The van der Waals surface area contributed by atoms with Crippen molar-refractivity contribution in [2.24, 2.45) is 0 Å². The second kappa shape index (κ2) is 5.80. The van der Waals surface area contributed by atoms with Gasteiger partial charge in [0.2, 0.25) is 0 Å². The molecule has 1 heterocycles. The third-order valence-corrected chi connectivity index (χ3v) is 3.66. The molecule has 1 N–H and O–H groups in total. The Balaban J connectivity index is 1.88. The lowest BCUT2D eigenvalue weighted by Crippen LogP contribution is -2.14. The molecule has 1 aromatic heterocycles. The quantitative estimate of drug-likeness (QED) is 0.918. The van der Waals surface area contributed by atoms with Crippen LogP contribution >= 0.6 is 11.3 Å². The van der Waals surface area contributed by atoms with Gasteiger partial charge >= 0.3 is 0 Å². The lowest BCUT2D eigenvalue weighted by atomic mass is 9.93. The molecule has 0 aliphatic carbocycles. The molecule has 0 radical (unpaired) electrons. The number of aromatic nitrogens is 1. The summed E-state index contributed by atoms with van der Waals surface area (Å²) in [5.41, 5.74) is 2.17. The second-order valence-electron chi connectivity index (χ2n) is 5.61. The molecule has 102 valence electrons. The van der Waals surface area contributed by atoms with Gasteiger partial charge in [-0.2, -0.15) is 0 Å². The van der Waals surface area contributed by atoms with Gasteiger partial charge in [-0.15, -0.1) is 11.3 Å². The Kier molecular flexibility index (Phi) is 4.32. The normalized spacial score (nSPS) is 11.8. The first kappa shape index (κ1) is 14.2. The summed E-state index contributed by atoms with van der Waals surface area (Å²) in [6.45, 7) is 7.85. The summed E-state index contributed by atoms with van der Waals surface area (Å²) in [7, 11) is 0. The molecule has 0 fully saturated rings. The van der Waals surface area contributed by atoms with Crippen LogP contribution in [0.1, 0.15) is 37.0 Å². The third-order valence-electron chi connectivity index (χ3n) is 2.81. The lowest BCUT2D eigenvalue weighted by molar-refractivity contribution is 0.568. The van der Waals surface area contributed by atoms with E-state index in [0.717, 1.165) is 22.8 Å². The topological polar surface area (TPSA) is 24.9 Å². The van der Waals surface area contributed by atoms with Gasteiger partial charge in [-0.1, -0.05) is 32.9 Å². The molecule has 0 bridgehead atoms. The van der Waals surface area contributed by atoms with Crippen LogP contribution in [0, 0.1) is 5.82 Å². The maximum absolute atomic E-state index is 13.0. The standard InChI is InChI=1S/C15H19FN2S/c1-15(2,3)13-10-19-14(18-13)9-17-8-11-5-4-6-12(16)7-11/h4-7,10,17H,8-9H2,1-3H3. The number of halogens is 1. The predicted molar refractivity (Wildman–Crippen MR) is 77.8 cm³/mol. The SMILES string of the molecule is CC(C)(C)c1csc(CNCc2cccc(F)c2)n1. The van der Waals surface area contributed by atoms with Crippen LogP contribution in [0.2, 0.25) is 0 Å². The number of rotatable bonds is 4. The summed E-state index contributed by atoms with van der Waals surface area (Å²) in [5, 5.41) is 6.47. The van der Waals surface area contributed by atoms with E-state index in [9.17, 15) is 4.39 Å². The van der Waals surface area contributed by atoms with Crippen LogP contribution in [-0.2, 0) is 18.5 Å². The molecule has 19 heavy (non-hydrogen) atoms. The first-order valence-corrected chi connectivity index (χ1v) is 7.23. The molecule has 1 aromatic carbocycles. The van der Waals surface area contributed by atoms with Gasteiger partial charge in [0.05, 0.1) is 5.69 Å². The minimum Gasteiger partial charge on any atom is -0.306 e. The Morgan fingerprint density at radius 1 is 1.26 bits per heavy atom. The summed E-state index contributed by atoms with van der Waals surface area (Å²) in [6.07, 6.45) is 0. The number of nitrogens with one attached hydrogen (secondary N) is 1. The van der Waals surface area contributed by atoms with Crippen LogP contribution in [0.4, 0.5) is 4.39 Å². The molecule has 4 heteroatoms. The van der Waals surface area contributed by atoms with Gasteiger partial charge in [-0.05, 0) is 17.7 Å². The van der Waals surface area contributed by atoms with E-state index in [2.05, 4.69) is 36.5 Å². The molecule has 2 rings (SSSR count). The molecule has 0 aliphatic heterocycles. The van der Waals surface area contributed by atoms with Crippen molar-refractivity contribution in [3.63, 3.8) is 0 Å². The fourth-order valence-corrected chi connectivity index (χ4v) is 2.69. The van der Waals surface area contributed by atoms with Crippen molar-refractivity contribution in [2.45, 2.75) is 39.3 Å². The zero-order chi connectivity index (χ0) is 13.9. The molecule has 0 saturated carbocycles. The summed E-state index contributed by atoms with van der Waals surface area (Å²) < 4.78 is 13.0. The van der Waals surface area contributed by atoms with Gasteiger partial charge in [0, 0.05) is 23.9 Å². The highest BCUT2D eigenvalue weighted by atomic mass is 32.1. The van der Waals surface area contributed by atoms with Crippen molar-refractivity contribution >= 4 is 11.3 Å². The molecule has 0 saturated heterocycles. The Morgan fingerprint density at radius 2 is 2.05 bits per heavy atom. The first-order chi connectivity index (χ1) is 8.95. The number of benzene rings is 1. The van der Waals surface area contributed by atoms with Gasteiger partial charge in [0.1, 0.15) is 10.8 Å². The maximum Gasteiger partial charge on any atom is 0.123 e. The summed E-state index contributed by atoms with van der Waals surface area (Å²) in [6, 6.07) is 6.65. The van der Waals surface area contributed by atoms with E-state index < -0.39 is 0 Å². The van der Waals surface area contributed by atoms with Gasteiger partial charge < -0.3 is 5.32 Å². The molecular weight excluding hydrogens is 259 g/mol. The van der Waals surface area contributed by atoms with E-state index in [1.165, 1.54) is 6.07 Å². The maximum atomic E-state index is 13.0. The molecule has 0 aliphatic rings. The number of thiazole rings is 1. The molecule has 0 spiro atoms. The van der Waals surface area contributed by atoms with Crippen molar-refractivity contribution in [3.05, 3.63) is 51.7 Å². The van der Waals surface area contributed by atoms with Crippen LogP contribution in [0.15, 0.2) is 29.6 Å². The highest BCUT2D eigenvalue weighted by Gasteiger charge is 2.17. The summed E-state index contributed by atoms with van der Waals surface area (Å²) >= 11 is 1.67. The fourth-order valence-electron chi connectivity index (χ4n) is 1.70. The average Bonchev–Trinajstić information content (AvgIpc) is 2.77. The van der Waals surface area contributed by atoms with E-state index in [-0.39, 0.29) is 11.2 Å². The average molecular weight is 278 g/mol. The Labute approximate surface area is 117 Å². The minimum absolute atomic E-state index is 0.0946. The molecule has 2 nitrogen and oxygen atoms in total. The van der Waals surface area contributed by atoms with Crippen molar-refractivity contribution in [2.75, 3.05) is 0 Å². The van der Waals surface area contributed by atoms with Gasteiger partial charge in [-0.25, -0.2) is 9.37 Å². The van der Waals surface area contributed by atoms with E-state index in [0.29, 0.717) is 6.54 Å². The highest BCUT2D eigenvalue weighted by molar-refractivity contribution is 7.09. The smallest absolute Gasteiger partial charge is 0.123 e. The summed E-state index contributed by atoms with van der Waals surface area (Å²) in [4.78, 5) is 4.61. The van der Waals surface area contributed by atoms with Crippen LogP contribution in [0.25, 0.3) is 0 Å². The van der Waals surface area contributed by atoms with E-state index in [4.69, 9.17) is 0 Å². The Bertz CT molecular complexity index is 543. The van der Waals surface area contributed by atoms with Gasteiger partial charge in [-0.3, -0.25) is 0 Å². The van der Waals surface area contributed by atoms with E-state index in [1.807, 2.05) is 6.07 Å². The molecule has 0 atom stereocenters. The Morgan fingerprint density at radius 3 is 2.68 bits per heavy atom. The van der Waals surface area contributed by atoms with Crippen LogP contribution in [0.3, 0.4) is 0 Å². The number of hydrogen-bond acceptors (Lipinski definition) is 3. The number of nitrogens with zero attached hydrogens (tertiary/aromatic N) is 1. The molecular formula is C15H19FN2S. The van der Waals surface area contributed by atoms with Crippen molar-refractivity contribution < 1.29 is 4.39 Å². The number of hydrogen-bond donors (Lipinski definition) is 1. The Hall–Kier alpha value is -1.26. The molecule has 0 unspecified atom stereocenters. The van der Waals surface area contributed by atoms with Crippen LogP contribution < -0.4 is 5.32 Å². The van der Waals surface area contributed by atoms with Crippen molar-refractivity contribution in [3.8, 4) is 0 Å². The first-order valence-electron chi connectivity index (χ1n) is 6.35. The van der Waals surface area contributed by atoms with Crippen molar-refractivity contribution in [1.29, 1.82) is 0 Å². The van der Waals surface area contributed by atoms with E-state index in [1.54, 1.807) is 23.5 Å². The molecule has 0 amide bonds. The van der Waals surface area contributed by atoms with Crippen molar-refractivity contribution in [1.82, 2.24) is 10.3 Å². The second-order valence-corrected chi connectivity index (χ2v) is 6.55. The zero-order valence-electron chi connectivity index (χ0n) is 11.5. The zero-order valence-corrected chi connectivity index (χ0v) is 12.4. The highest BCUT2D eigenvalue weighted by Crippen LogP contribution is 2.23. The summed E-state index contributed by atoms with van der Waals surface area (Å²) in [5.74, 6) is -0.191. The lowest BCUT2D eigenvalue weighted by Gasteiger charge is -2.14. The van der Waals surface area contributed by atoms with Gasteiger partial charge in [0.15, 0.2) is 0 Å². The monoisotopic (exact) mass is 278 g/mol. The molecule has 2 aromatic rings. The van der Waals surface area contributed by atoms with E-state index >= 15 is 0 Å². The fraction of sp³-hybridized carbons (Fsp3) is 0.400. The largest absolute Gasteiger partial charge is 0.306 e. The van der Waals surface area contributed by atoms with Crippen LogP contribution in [0.5, 0.6) is 0 Å². The minimum atomic E-state index is -0.191. The van der Waals surface area contributed by atoms with Gasteiger partial charge in [0.25, 0.3) is 0 Å². The predicted octanol–water partition coefficient (Wildman–Crippen LogP) is 3.87. The van der Waals surface area contributed by atoms with Crippen LogP contribution in [-0.4, -0.2) is 4.98 Å².